The molecule has 0 saturated carbocycles. The summed E-state index contributed by atoms with van der Waals surface area (Å²) in [7, 11) is 1.62. The van der Waals surface area contributed by atoms with E-state index in [-0.39, 0.29) is 11.8 Å². The lowest BCUT2D eigenvalue weighted by molar-refractivity contribution is -0.173. The second kappa shape index (κ2) is 5.21. The number of ether oxygens (including phenoxy) is 1. The van der Waals surface area contributed by atoms with Crippen LogP contribution >= 0.6 is 0 Å². The van der Waals surface area contributed by atoms with Crippen molar-refractivity contribution in [1.82, 2.24) is 4.90 Å². The Hall–Kier alpha value is -1.55. The van der Waals surface area contributed by atoms with Gasteiger partial charge in [0.1, 0.15) is 11.5 Å². The molecular formula is C15H21NO3. The molecule has 1 aromatic carbocycles. The lowest BCUT2D eigenvalue weighted by atomic mass is 9.89. The van der Waals surface area contributed by atoms with E-state index in [1.54, 1.807) is 18.9 Å². The SMILES string of the molecule is COc1ccc(CN2C(=O)CC(C)CC2(C)O)cc1. The van der Waals surface area contributed by atoms with Gasteiger partial charge in [-0.2, -0.15) is 0 Å². The highest BCUT2D eigenvalue weighted by Gasteiger charge is 2.39. The zero-order valence-electron chi connectivity index (χ0n) is 11.7. The molecule has 0 aromatic heterocycles. The molecule has 2 unspecified atom stereocenters. The summed E-state index contributed by atoms with van der Waals surface area (Å²) in [5.41, 5.74) is -0.0710. The summed E-state index contributed by atoms with van der Waals surface area (Å²) in [6, 6.07) is 7.56. The number of piperidine rings is 1. The van der Waals surface area contributed by atoms with E-state index in [2.05, 4.69) is 0 Å². The molecule has 19 heavy (non-hydrogen) atoms. The van der Waals surface area contributed by atoms with Gasteiger partial charge in [0.15, 0.2) is 0 Å². The first-order valence-electron chi connectivity index (χ1n) is 6.58. The van der Waals surface area contributed by atoms with E-state index in [1.165, 1.54) is 0 Å². The Morgan fingerprint density at radius 2 is 2.05 bits per heavy atom. The number of hydrogen-bond acceptors (Lipinski definition) is 3. The minimum Gasteiger partial charge on any atom is -0.497 e. The van der Waals surface area contributed by atoms with E-state index in [4.69, 9.17) is 4.74 Å². The summed E-state index contributed by atoms with van der Waals surface area (Å²) < 4.78 is 5.11. The molecule has 1 aliphatic heterocycles. The second-order valence-electron chi connectivity index (χ2n) is 5.56. The van der Waals surface area contributed by atoms with Crippen LogP contribution in [0.5, 0.6) is 5.75 Å². The molecule has 1 aromatic rings. The van der Waals surface area contributed by atoms with Crippen molar-refractivity contribution in [2.75, 3.05) is 7.11 Å². The molecule has 1 heterocycles. The number of methoxy groups -OCH3 is 1. The maximum atomic E-state index is 12.1. The average Bonchev–Trinajstić information content (AvgIpc) is 2.34. The first-order valence-corrected chi connectivity index (χ1v) is 6.58. The number of nitrogens with zero attached hydrogens (tertiary/aromatic N) is 1. The van der Waals surface area contributed by atoms with E-state index in [0.29, 0.717) is 19.4 Å². The van der Waals surface area contributed by atoms with Crippen molar-refractivity contribution in [3.05, 3.63) is 29.8 Å². The number of carbonyl (C=O) groups is 1. The summed E-state index contributed by atoms with van der Waals surface area (Å²) >= 11 is 0. The number of aliphatic hydroxyl groups is 1. The molecule has 1 amide bonds. The molecule has 104 valence electrons. The molecule has 2 atom stereocenters. The predicted octanol–water partition coefficient (Wildman–Crippen LogP) is 2.16. The van der Waals surface area contributed by atoms with Crippen molar-refractivity contribution in [3.63, 3.8) is 0 Å². The van der Waals surface area contributed by atoms with Crippen LogP contribution in [0.2, 0.25) is 0 Å². The van der Waals surface area contributed by atoms with Crippen LogP contribution < -0.4 is 4.74 Å². The van der Waals surface area contributed by atoms with Gasteiger partial charge in [-0.15, -0.1) is 0 Å². The molecule has 1 aliphatic rings. The Bertz CT molecular complexity index is 453. The van der Waals surface area contributed by atoms with Gasteiger partial charge in [0.05, 0.1) is 7.11 Å². The summed E-state index contributed by atoms with van der Waals surface area (Å²) in [5.74, 6) is 1.03. The molecule has 1 N–H and O–H groups in total. The number of amides is 1. The molecule has 0 bridgehead atoms. The first-order chi connectivity index (χ1) is 8.92. The number of hydrogen-bond donors (Lipinski definition) is 1. The van der Waals surface area contributed by atoms with Gasteiger partial charge in [0, 0.05) is 13.0 Å². The Balaban J connectivity index is 2.13. The van der Waals surface area contributed by atoms with E-state index >= 15 is 0 Å². The van der Waals surface area contributed by atoms with Gasteiger partial charge < -0.3 is 14.7 Å². The van der Waals surface area contributed by atoms with E-state index in [1.807, 2.05) is 31.2 Å². The molecule has 1 saturated heterocycles. The van der Waals surface area contributed by atoms with Gasteiger partial charge in [-0.05, 0) is 37.0 Å². The zero-order valence-corrected chi connectivity index (χ0v) is 11.7. The Labute approximate surface area is 114 Å². The van der Waals surface area contributed by atoms with Gasteiger partial charge in [-0.3, -0.25) is 4.79 Å². The van der Waals surface area contributed by atoms with Crippen LogP contribution in [0, 0.1) is 5.92 Å². The molecule has 1 fully saturated rings. The quantitative estimate of drug-likeness (QED) is 0.909. The van der Waals surface area contributed by atoms with Crippen LogP contribution in [0.4, 0.5) is 0 Å². The van der Waals surface area contributed by atoms with Crippen LogP contribution in [-0.2, 0) is 11.3 Å². The van der Waals surface area contributed by atoms with E-state index < -0.39 is 5.72 Å². The van der Waals surface area contributed by atoms with Crippen molar-refractivity contribution in [2.24, 2.45) is 5.92 Å². The van der Waals surface area contributed by atoms with Crippen LogP contribution in [0.1, 0.15) is 32.3 Å². The number of benzene rings is 1. The molecule has 0 radical (unpaired) electrons. The predicted molar refractivity (Wildman–Crippen MR) is 72.6 cm³/mol. The topological polar surface area (TPSA) is 49.8 Å². The number of carbonyl (C=O) groups excluding carboxylic acids is 1. The van der Waals surface area contributed by atoms with Gasteiger partial charge in [0.2, 0.25) is 5.91 Å². The summed E-state index contributed by atoms with van der Waals surface area (Å²) in [6.07, 6.45) is 1.13. The second-order valence-corrected chi connectivity index (χ2v) is 5.56. The maximum absolute atomic E-state index is 12.1. The minimum atomic E-state index is -1.06. The molecule has 4 heteroatoms. The summed E-state index contributed by atoms with van der Waals surface area (Å²) in [6.45, 7) is 4.14. The maximum Gasteiger partial charge on any atom is 0.225 e. The smallest absolute Gasteiger partial charge is 0.225 e. The van der Waals surface area contributed by atoms with Crippen LogP contribution in [0.3, 0.4) is 0 Å². The van der Waals surface area contributed by atoms with Crippen molar-refractivity contribution in [3.8, 4) is 5.75 Å². The summed E-state index contributed by atoms with van der Waals surface area (Å²) in [4.78, 5) is 13.7. The highest BCUT2D eigenvalue weighted by atomic mass is 16.5. The average molecular weight is 263 g/mol. The third kappa shape index (κ3) is 3.07. The lowest BCUT2D eigenvalue weighted by Crippen LogP contribution is -2.54. The van der Waals surface area contributed by atoms with Crippen molar-refractivity contribution in [1.29, 1.82) is 0 Å². The third-order valence-electron chi connectivity index (χ3n) is 3.64. The van der Waals surface area contributed by atoms with Crippen LogP contribution in [-0.4, -0.2) is 28.7 Å². The van der Waals surface area contributed by atoms with Gasteiger partial charge in [-0.25, -0.2) is 0 Å². The monoisotopic (exact) mass is 263 g/mol. The zero-order chi connectivity index (χ0) is 14.0. The normalized spacial score (nSPS) is 27.5. The third-order valence-corrected chi connectivity index (χ3v) is 3.64. The molecule has 0 spiro atoms. The Kier molecular flexibility index (Phi) is 3.80. The summed E-state index contributed by atoms with van der Waals surface area (Å²) in [5, 5.41) is 10.4. The molecule has 4 nitrogen and oxygen atoms in total. The van der Waals surface area contributed by atoms with E-state index in [9.17, 15) is 9.90 Å². The number of rotatable bonds is 3. The highest BCUT2D eigenvalue weighted by molar-refractivity contribution is 5.78. The molecule has 0 aliphatic carbocycles. The van der Waals surface area contributed by atoms with Crippen molar-refractivity contribution in [2.45, 2.75) is 39.0 Å². The molecular weight excluding hydrogens is 242 g/mol. The van der Waals surface area contributed by atoms with Crippen molar-refractivity contribution >= 4 is 5.91 Å². The van der Waals surface area contributed by atoms with Gasteiger partial charge in [0.25, 0.3) is 0 Å². The largest absolute Gasteiger partial charge is 0.497 e. The Morgan fingerprint density at radius 3 is 2.58 bits per heavy atom. The Morgan fingerprint density at radius 1 is 1.42 bits per heavy atom. The van der Waals surface area contributed by atoms with Gasteiger partial charge >= 0.3 is 0 Å². The minimum absolute atomic E-state index is 0.0135. The van der Waals surface area contributed by atoms with Crippen LogP contribution in [0.15, 0.2) is 24.3 Å². The fourth-order valence-corrected chi connectivity index (χ4v) is 2.69. The fourth-order valence-electron chi connectivity index (χ4n) is 2.69. The lowest BCUT2D eigenvalue weighted by Gasteiger charge is -2.43. The van der Waals surface area contributed by atoms with E-state index in [0.717, 1.165) is 11.3 Å². The van der Waals surface area contributed by atoms with Crippen LogP contribution in [0.25, 0.3) is 0 Å². The fraction of sp³-hybridized carbons (Fsp3) is 0.533. The standard InChI is InChI=1S/C15H21NO3/c1-11-8-14(17)16(15(2,18)9-11)10-12-4-6-13(19-3)7-5-12/h4-7,11,18H,8-10H2,1-3H3. The number of likely N-dealkylation sites (tertiary alicyclic amines) is 1. The molecule has 2 rings (SSSR count). The van der Waals surface area contributed by atoms with Crippen molar-refractivity contribution < 1.29 is 14.6 Å². The highest BCUT2D eigenvalue weighted by Crippen LogP contribution is 2.31. The van der Waals surface area contributed by atoms with Gasteiger partial charge in [-0.1, -0.05) is 19.1 Å². The first kappa shape index (κ1) is 13.9.